The second-order valence-electron chi connectivity index (χ2n) is 1.40. The van der Waals surface area contributed by atoms with Gasteiger partial charge in [0.1, 0.15) is 0 Å². The Hall–Kier alpha value is -1.22. The van der Waals surface area contributed by atoms with E-state index < -0.39 is 18.4 Å². The summed E-state index contributed by atoms with van der Waals surface area (Å²) >= 11 is 0. The highest BCUT2D eigenvalue weighted by molar-refractivity contribution is 6.34. The average Bonchev–Trinajstić information content (AvgIpc) is 1.91. The molecular weight excluding hydrogens is 139 g/mol. The highest BCUT2D eigenvalue weighted by Gasteiger charge is 2.20. The molecule has 5 heteroatoms. The molecule has 0 unspecified atom stereocenters. The van der Waals surface area contributed by atoms with Crippen molar-refractivity contribution in [1.29, 1.82) is 0 Å². The van der Waals surface area contributed by atoms with Gasteiger partial charge in [-0.3, -0.25) is 0 Å². The minimum atomic E-state index is -1.12. The Morgan fingerprint density at radius 2 is 2.40 bits per heavy atom. The largest absolute Gasteiger partial charge is 0.457 e. The van der Waals surface area contributed by atoms with Crippen molar-refractivity contribution in [3.05, 3.63) is 5.53 Å². The van der Waals surface area contributed by atoms with Gasteiger partial charge in [-0.15, -0.1) is 0 Å². The summed E-state index contributed by atoms with van der Waals surface area (Å²) in [6.45, 7) is 0.596. The van der Waals surface area contributed by atoms with Crippen LogP contribution in [0, 0.1) is 0 Å². The number of hydrogen-bond donors (Lipinski definition) is 0. The molecule has 0 aliphatic carbocycles. The van der Waals surface area contributed by atoms with E-state index in [9.17, 15) is 9.18 Å². The van der Waals surface area contributed by atoms with Crippen LogP contribution >= 0.6 is 0 Å². The van der Waals surface area contributed by atoms with E-state index in [1.165, 1.54) is 0 Å². The van der Waals surface area contributed by atoms with E-state index in [-0.39, 0.29) is 6.61 Å². The van der Waals surface area contributed by atoms with Gasteiger partial charge in [0.05, 0.1) is 6.61 Å². The molecule has 10 heavy (non-hydrogen) atoms. The molecule has 0 saturated carbocycles. The lowest BCUT2D eigenvalue weighted by atomic mass is 10.4. The summed E-state index contributed by atoms with van der Waals surface area (Å²) in [4.78, 5) is 12.8. The van der Waals surface area contributed by atoms with E-state index in [2.05, 4.69) is 9.53 Å². The topological polar surface area (TPSA) is 62.7 Å². The van der Waals surface area contributed by atoms with Crippen molar-refractivity contribution in [1.82, 2.24) is 0 Å². The number of hydrogen-bond acceptors (Lipinski definition) is 2. The Morgan fingerprint density at radius 3 is 2.70 bits per heavy atom. The van der Waals surface area contributed by atoms with Gasteiger partial charge in [0, 0.05) is 0 Å². The van der Waals surface area contributed by atoms with E-state index in [0.29, 0.717) is 0 Å². The summed E-state index contributed by atoms with van der Waals surface area (Å²) in [7, 11) is 0. The minimum absolute atomic E-state index is 0.137. The van der Waals surface area contributed by atoms with Crippen LogP contribution in [0.2, 0.25) is 0 Å². The normalized spacial score (nSPS) is 8.20. The third-order valence-corrected chi connectivity index (χ3v) is 0.758. The van der Waals surface area contributed by atoms with Crippen LogP contribution < -0.4 is 0 Å². The molecule has 0 amide bonds. The molecule has 0 aliphatic rings. The maximum Gasteiger partial charge on any atom is 0.419 e. The molecule has 0 N–H and O–H groups in total. The summed E-state index contributed by atoms with van der Waals surface area (Å²) in [5.74, 6) is -0.924. The summed E-state index contributed by atoms with van der Waals surface area (Å²) in [5, 5.41) is 0. The van der Waals surface area contributed by atoms with Crippen LogP contribution in [0.25, 0.3) is 5.53 Å². The first kappa shape index (κ1) is 8.78. The molecule has 0 spiro atoms. The van der Waals surface area contributed by atoms with Gasteiger partial charge in [-0.2, -0.15) is 4.79 Å². The maximum atomic E-state index is 11.6. The quantitative estimate of drug-likeness (QED) is 0.247. The first-order chi connectivity index (χ1) is 4.76. The molecule has 4 nitrogen and oxygen atoms in total. The number of esters is 1. The third kappa shape index (κ3) is 2.37. The third-order valence-electron chi connectivity index (χ3n) is 0.758. The van der Waals surface area contributed by atoms with E-state index >= 15 is 0 Å². The second-order valence-corrected chi connectivity index (χ2v) is 1.40. The van der Waals surface area contributed by atoms with Crippen molar-refractivity contribution in [3.63, 3.8) is 0 Å². The van der Waals surface area contributed by atoms with Crippen LogP contribution in [0.1, 0.15) is 6.92 Å². The van der Waals surface area contributed by atoms with Gasteiger partial charge in [-0.05, 0) is 6.92 Å². The van der Waals surface area contributed by atoms with Crippen LogP contribution in [-0.4, -0.2) is 29.8 Å². The van der Waals surface area contributed by atoms with Gasteiger partial charge in [-0.1, -0.05) is 0 Å². The number of alkyl halides is 1. The minimum Gasteiger partial charge on any atom is -0.457 e. The first-order valence-corrected chi connectivity index (χ1v) is 2.70. The fourth-order valence-corrected chi connectivity index (χ4v) is 0.337. The zero-order valence-corrected chi connectivity index (χ0v) is 5.50. The van der Waals surface area contributed by atoms with Crippen molar-refractivity contribution < 1.29 is 18.7 Å². The number of ether oxygens (including phenoxy) is 1. The fourth-order valence-electron chi connectivity index (χ4n) is 0.337. The Labute approximate surface area is 57.2 Å². The Kier molecular flexibility index (Phi) is 4.07. The summed E-state index contributed by atoms with van der Waals surface area (Å²) in [6, 6.07) is 0. The molecule has 0 aromatic rings. The summed E-state index contributed by atoms with van der Waals surface area (Å²) in [5.41, 5.74) is 7.36. The van der Waals surface area contributed by atoms with Gasteiger partial charge in [-0.25, -0.2) is 9.18 Å². The van der Waals surface area contributed by atoms with E-state index in [1.54, 1.807) is 6.92 Å². The molecule has 0 radical (unpaired) electrons. The van der Waals surface area contributed by atoms with Crippen molar-refractivity contribution in [3.8, 4) is 0 Å². The molecular formula is C5H7FN2O2. The number of halogens is 1. The van der Waals surface area contributed by atoms with Gasteiger partial charge >= 0.3 is 11.7 Å². The molecule has 0 aromatic heterocycles. The van der Waals surface area contributed by atoms with E-state index in [1.807, 2.05) is 0 Å². The van der Waals surface area contributed by atoms with E-state index in [4.69, 9.17) is 5.53 Å². The van der Waals surface area contributed by atoms with Gasteiger partial charge in [0.2, 0.25) is 0 Å². The average molecular weight is 146 g/mol. The molecule has 0 heterocycles. The van der Waals surface area contributed by atoms with E-state index in [0.717, 1.165) is 0 Å². The predicted octanol–water partition coefficient (Wildman–Crippen LogP) is 0.190. The van der Waals surface area contributed by atoms with Crippen molar-refractivity contribution >= 4 is 11.7 Å². The summed E-state index contributed by atoms with van der Waals surface area (Å²) in [6.07, 6.45) is 0. The van der Waals surface area contributed by atoms with Crippen LogP contribution in [0.5, 0.6) is 0 Å². The molecule has 56 valence electrons. The number of carbonyl (C=O) groups excluding carboxylic acids is 1. The van der Waals surface area contributed by atoms with Crippen LogP contribution in [0.4, 0.5) is 4.39 Å². The van der Waals surface area contributed by atoms with Gasteiger partial charge in [0.25, 0.3) is 0 Å². The Morgan fingerprint density at radius 1 is 1.80 bits per heavy atom. The lowest BCUT2D eigenvalue weighted by Gasteiger charge is -1.92. The fraction of sp³-hybridized carbons (Fsp3) is 0.600. The van der Waals surface area contributed by atoms with Gasteiger partial charge in [0.15, 0.2) is 6.67 Å². The number of rotatable bonds is 3. The molecule has 0 saturated heterocycles. The molecule has 0 fully saturated rings. The number of nitrogens with zero attached hydrogens (tertiary/aromatic N) is 2. The van der Waals surface area contributed by atoms with Crippen LogP contribution in [-0.2, 0) is 9.53 Å². The molecule has 0 bridgehead atoms. The van der Waals surface area contributed by atoms with Crippen molar-refractivity contribution in [2.45, 2.75) is 6.92 Å². The predicted molar refractivity (Wildman–Crippen MR) is 31.2 cm³/mol. The Balaban J connectivity index is 4.04. The van der Waals surface area contributed by atoms with Crippen LogP contribution in [0.3, 0.4) is 0 Å². The lowest BCUT2D eigenvalue weighted by Crippen LogP contribution is -2.20. The highest BCUT2D eigenvalue weighted by atomic mass is 19.1. The lowest BCUT2D eigenvalue weighted by molar-refractivity contribution is -0.140. The molecule has 0 rings (SSSR count). The van der Waals surface area contributed by atoms with Gasteiger partial charge < -0.3 is 10.3 Å². The second kappa shape index (κ2) is 4.64. The Bertz CT molecular complexity index is 174. The zero-order valence-electron chi connectivity index (χ0n) is 5.50. The number of carbonyl (C=O) groups is 1. The standard InChI is InChI=1S/C5H7FN2O2/c1-2-10-5(9)4(3-6)8-7/h2-3H2,1H3. The van der Waals surface area contributed by atoms with Crippen molar-refractivity contribution in [2.24, 2.45) is 0 Å². The molecule has 0 atom stereocenters. The molecule has 0 aromatic carbocycles. The summed E-state index contributed by atoms with van der Waals surface area (Å²) < 4.78 is 16.0. The SMILES string of the molecule is CCOC(=O)C(CF)=[N+]=[N-]. The zero-order chi connectivity index (χ0) is 7.98. The smallest absolute Gasteiger partial charge is 0.419 e. The highest BCUT2D eigenvalue weighted by Crippen LogP contribution is 1.81. The maximum absolute atomic E-state index is 11.6. The van der Waals surface area contributed by atoms with Crippen LogP contribution in [0.15, 0.2) is 0 Å². The first-order valence-electron chi connectivity index (χ1n) is 2.70. The monoisotopic (exact) mass is 146 g/mol. The van der Waals surface area contributed by atoms with Crippen molar-refractivity contribution in [2.75, 3.05) is 13.3 Å². The molecule has 0 aliphatic heterocycles.